The summed E-state index contributed by atoms with van der Waals surface area (Å²) in [5, 5.41) is 8.94. The van der Waals surface area contributed by atoms with Crippen LogP contribution in [-0.4, -0.2) is 21.8 Å². The van der Waals surface area contributed by atoms with Gasteiger partial charge in [0.25, 0.3) is 0 Å². The first-order valence-electron chi connectivity index (χ1n) is 7.35. The molecule has 0 saturated carbocycles. The molecule has 0 radical (unpaired) electrons. The van der Waals surface area contributed by atoms with Crippen LogP contribution in [0.2, 0.25) is 0 Å². The van der Waals surface area contributed by atoms with Crippen LogP contribution < -0.4 is 9.86 Å². The quantitative estimate of drug-likeness (QED) is 0.645. The van der Waals surface area contributed by atoms with Crippen LogP contribution in [0.5, 0.6) is 0 Å². The van der Waals surface area contributed by atoms with Crippen LogP contribution >= 0.6 is 11.3 Å². The molecule has 0 fully saturated rings. The molecule has 0 atom stereocenters. The SMILES string of the molecule is NS(=O)(=O)c1ccc(S(=O)(=O)NCc2cncc(-c3ccsc3)c2)cc1. The van der Waals surface area contributed by atoms with Crippen LogP contribution in [0.1, 0.15) is 5.56 Å². The molecular formula is C16H15N3O4S3. The minimum Gasteiger partial charge on any atom is -0.264 e. The number of hydrogen-bond donors (Lipinski definition) is 2. The minimum atomic E-state index is -3.87. The number of benzene rings is 1. The van der Waals surface area contributed by atoms with Crippen molar-refractivity contribution in [3.8, 4) is 11.1 Å². The fourth-order valence-electron chi connectivity index (χ4n) is 2.24. The Morgan fingerprint density at radius 3 is 2.27 bits per heavy atom. The summed E-state index contributed by atoms with van der Waals surface area (Å²) in [6.07, 6.45) is 3.30. The molecular weight excluding hydrogens is 394 g/mol. The lowest BCUT2D eigenvalue weighted by Crippen LogP contribution is -2.23. The first-order valence-corrected chi connectivity index (χ1v) is 11.3. The van der Waals surface area contributed by atoms with Crippen LogP contribution in [0.15, 0.2) is 69.3 Å². The molecule has 136 valence electrons. The number of nitrogens with two attached hydrogens (primary N) is 1. The molecule has 3 aromatic rings. The van der Waals surface area contributed by atoms with Gasteiger partial charge in [0.2, 0.25) is 20.0 Å². The number of nitrogens with zero attached hydrogens (tertiary/aromatic N) is 1. The van der Waals surface area contributed by atoms with Crippen molar-refractivity contribution in [1.82, 2.24) is 9.71 Å². The van der Waals surface area contributed by atoms with Crippen molar-refractivity contribution in [3.05, 3.63) is 65.1 Å². The zero-order valence-corrected chi connectivity index (χ0v) is 15.8. The van der Waals surface area contributed by atoms with Gasteiger partial charge in [-0.25, -0.2) is 26.7 Å². The molecule has 0 aliphatic carbocycles. The van der Waals surface area contributed by atoms with E-state index >= 15 is 0 Å². The van der Waals surface area contributed by atoms with E-state index in [4.69, 9.17) is 5.14 Å². The molecule has 2 aromatic heterocycles. The van der Waals surface area contributed by atoms with Gasteiger partial charge in [-0.05, 0) is 58.3 Å². The van der Waals surface area contributed by atoms with Crippen molar-refractivity contribution in [3.63, 3.8) is 0 Å². The summed E-state index contributed by atoms with van der Waals surface area (Å²) >= 11 is 1.57. The lowest BCUT2D eigenvalue weighted by molar-refractivity contribution is 0.580. The normalized spacial score (nSPS) is 12.2. The topological polar surface area (TPSA) is 119 Å². The summed E-state index contributed by atoms with van der Waals surface area (Å²) in [5.74, 6) is 0. The molecule has 7 nitrogen and oxygen atoms in total. The van der Waals surface area contributed by atoms with Gasteiger partial charge in [0.15, 0.2) is 0 Å². The Labute approximate surface area is 155 Å². The molecule has 3 rings (SSSR count). The number of hydrogen-bond acceptors (Lipinski definition) is 6. The van der Waals surface area contributed by atoms with Gasteiger partial charge in [-0.2, -0.15) is 11.3 Å². The van der Waals surface area contributed by atoms with Crippen molar-refractivity contribution in [2.45, 2.75) is 16.3 Å². The van der Waals surface area contributed by atoms with E-state index in [9.17, 15) is 16.8 Å². The van der Waals surface area contributed by atoms with Crippen LogP contribution in [-0.2, 0) is 26.6 Å². The Kier molecular flexibility index (Phi) is 5.21. The maximum Gasteiger partial charge on any atom is 0.240 e. The Morgan fingerprint density at radius 1 is 0.962 bits per heavy atom. The minimum absolute atomic E-state index is 0.0492. The van der Waals surface area contributed by atoms with E-state index < -0.39 is 20.0 Å². The fourth-order valence-corrected chi connectivity index (χ4v) is 4.44. The van der Waals surface area contributed by atoms with Gasteiger partial charge >= 0.3 is 0 Å². The maximum absolute atomic E-state index is 12.4. The summed E-state index contributed by atoms with van der Waals surface area (Å²) in [6, 6.07) is 8.53. The third kappa shape index (κ3) is 4.34. The predicted octanol–water partition coefficient (Wildman–Crippen LogP) is 1.94. The Bertz CT molecular complexity index is 1110. The van der Waals surface area contributed by atoms with Crippen molar-refractivity contribution in [2.24, 2.45) is 5.14 Å². The van der Waals surface area contributed by atoms with Gasteiger partial charge < -0.3 is 0 Å². The van der Waals surface area contributed by atoms with Crippen LogP contribution in [0, 0.1) is 0 Å². The molecule has 0 aliphatic heterocycles. The molecule has 0 amide bonds. The second-order valence-corrected chi connectivity index (χ2v) is 9.54. The molecule has 2 heterocycles. The zero-order valence-electron chi connectivity index (χ0n) is 13.4. The summed E-state index contributed by atoms with van der Waals surface area (Å²) in [5.41, 5.74) is 2.63. The molecule has 3 N–H and O–H groups in total. The Hall–Kier alpha value is -2.11. The van der Waals surface area contributed by atoms with Crippen LogP contribution in [0.3, 0.4) is 0 Å². The van der Waals surface area contributed by atoms with Crippen molar-refractivity contribution < 1.29 is 16.8 Å². The highest BCUT2D eigenvalue weighted by Gasteiger charge is 2.16. The second-order valence-electron chi connectivity index (χ2n) is 5.43. The third-order valence-electron chi connectivity index (χ3n) is 3.58. The lowest BCUT2D eigenvalue weighted by atomic mass is 10.1. The Morgan fingerprint density at radius 2 is 1.65 bits per heavy atom. The van der Waals surface area contributed by atoms with E-state index in [0.29, 0.717) is 5.56 Å². The molecule has 0 saturated heterocycles. The maximum atomic E-state index is 12.4. The third-order valence-corrected chi connectivity index (χ3v) is 6.61. The van der Waals surface area contributed by atoms with Gasteiger partial charge in [-0.15, -0.1) is 0 Å². The molecule has 10 heteroatoms. The number of pyridine rings is 1. The van der Waals surface area contributed by atoms with E-state index in [-0.39, 0.29) is 16.3 Å². The van der Waals surface area contributed by atoms with Gasteiger partial charge in [0.1, 0.15) is 0 Å². The number of thiophene rings is 1. The number of primary sulfonamides is 1. The zero-order chi connectivity index (χ0) is 18.8. The largest absolute Gasteiger partial charge is 0.264 e. The van der Waals surface area contributed by atoms with Crippen molar-refractivity contribution >= 4 is 31.4 Å². The molecule has 0 bridgehead atoms. The van der Waals surface area contributed by atoms with Crippen molar-refractivity contribution in [2.75, 3.05) is 0 Å². The first kappa shape index (κ1) is 18.7. The monoisotopic (exact) mass is 409 g/mol. The standard InChI is InChI=1S/C16H15N3O4S3/c17-25(20,21)15-1-3-16(4-2-15)26(22,23)19-9-12-7-14(10-18-8-12)13-5-6-24-11-13/h1-8,10-11,19H,9H2,(H2,17,20,21). The summed E-state index contributed by atoms with van der Waals surface area (Å²) < 4.78 is 49.7. The van der Waals surface area contributed by atoms with E-state index in [2.05, 4.69) is 9.71 Å². The molecule has 0 unspecified atom stereocenters. The average Bonchev–Trinajstić information content (AvgIpc) is 3.14. The van der Waals surface area contributed by atoms with Crippen LogP contribution in [0.25, 0.3) is 11.1 Å². The highest BCUT2D eigenvalue weighted by atomic mass is 32.2. The molecule has 0 aliphatic rings. The highest BCUT2D eigenvalue weighted by molar-refractivity contribution is 7.89. The average molecular weight is 410 g/mol. The number of nitrogens with one attached hydrogen (secondary N) is 1. The van der Waals surface area contributed by atoms with Gasteiger partial charge in [-0.1, -0.05) is 0 Å². The summed E-state index contributed by atoms with van der Waals surface area (Å²) in [4.78, 5) is 3.94. The smallest absolute Gasteiger partial charge is 0.240 e. The number of rotatable bonds is 6. The lowest BCUT2D eigenvalue weighted by Gasteiger charge is -2.08. The number of aromatic nitrogens is 1. The predicted molar refractivity (Wildman–Crippen MR) is 99.4 cm³/mol. The van der Waals surface area contributed by atoms with E-state index in [0.717, 1.165) is 23.3 Å². The highest BCUT2D eigenvalue weighted by Crippen LogP contribution is 2.22. The molecule has 26 heavy (non-hydrogen) atoms. The van der Waals surface area contributed by atoms with Gasteiger partial charge in [-0.3, -0.25) is 4.98 Å². The summed E-state index contributed by atoms with van der Waals surface area (Å²) in [6.45, 7) is 0.0598. The van der Waals surface area contributed by atoms with E-state index in [1.165, 1.54) is 12.1 Å². The first-order chi connectivity index (χ1) is 12.3. The van der Waals surface area contributed by atoms with Gasteiger partial charge in [0, 0.05) is 24.5 Å². The van der Waals surface area contributed by atoms with Gasteiger partial charge in [0.05, 0.1) is 9.79 Å². The molecule has 0 spiro atoms. The van der Waals surface area contributed by atoms with Crippen molar-refractivity contribution in [1.29, 1.82) is 0 Å². The Balaban J connectivity index is 1.75. The molecule has 1 aromatic carbocycles. The van der Waals surface area contributed by atoms with E-state index in [1.807, 2.05) is 22.9 Å². The van der Waals surface area contributed by atoms with Crippen LogP contribution in [0.4, 0.5) is 0 Å². The second kappa shape index (κ2) is 7.25. The summed E-state index contributed by atoms with van der Waals surface area (Å²) in [7, 11) is -7.67. The number of sulfonamides is 2. The fraction of sp³-hybridized carbons (Fsp3) is 0.0625. The van der Waals surface area contributed by atoms with E-state index in [1.54, 1.807) is 23.7 Å².